The zero-order valence-electron chi connectivity index (χ0n) is 17.7. The number of ether oxygens (including phenoxy) is 1. The third-order valence-corrected chi connectivity index (χ3v) is 6.17. The van der Waals surface area contributed by atoms with Gasteiger partial charge in [0, 0.05) is 17.6 Å². The molecule has 2 atom stereocenters. The lowest BCUT2D eigenvalue weighted by Gasteiger charge is -2.39. The monoisotopic (exact) mass is 438 g/mol. The van der Waals surface area contributed by atoms with E-state index in [1.165, 1.54) is 12.1 Å². The van der Waals surface area contributed by atoms with E-state index in [4.69, 9.17) is 9.84 Å². The molecule has 1 aliphatic carbocycles. The van der Waals surface area contributed by atoms with E-state index in [0.717, 1.165) is 53.7 Å². The predicted octanol–water partition coefficient (Wildman–Crippen LogP) is 4.48. The summed E-state index contributed by atoms with van der Waals surface area (Å²) in [6.07, 6.45) is 4.43. The van der Waals surface area contributed by atoms with Gasteiger partial charge in [0.2, 0.25) is 0 Å². The van der Waals surface area contributed by atoms with Gasteiger partial charge in [-0.25, -0.2) is 4.39 Å². The van der Waals surface area contributed by atoms with E-state index in [0.29, 0.717) is 0 Å². The molecular weight excluding hydrogens is 411 g/mol. The lowest BCUT2D eigenvalue weighted by atomic mass is 9.79. The molecule has 1 spiro atoms. The number of benzene rings is 2. The van der Waals surface area contributed by atoms with E-state index in [2.05, 4.69) is 0 Å². The van der Waals surface area contributed by atoms with Crippen LogP contribution in [0, 0.1) is 5.82 Å². The minimum absolute atomic E-state index is 0.0770. The molecule has 4 rings (SSSR count). The first-order valence-corrected chi connectivity index (χ1v) is 10.9. The first-order chi connectivity index (χ1) is 15.4. The van der Waals surface area contributed by atoms with Crippen molar-refractivity contribution >= 4 is 11.5 Å². The number of carbonyl (C=O) groups is 1. The minimum atomic E-state index is -1.14. The Balaban J connectivity index is 1.79. The Bertz CT molecular complexity index is 1030. The molecular formula is C26H27FO5. The van der Waals surface area contributed by atoms with Crippen molar-refractivity contribution in [1.82, 2.24) is 0 Å². The van der Waals surface area contributed by atoms with Gasteiger partial charge in [0.25, 0.3) is 0 Å². The van der Waals surface area contributed by atoms with Crippen molar-refractivity contribution in [1.29, 1.82) is 0 Å². The second-order valence-electron chi connectivity index (χ2n) is 8.51. The van der Waals surface area contributed by atoms with Crippen molar-refractivity contribution in [3.05, 3.63) is 83.2 Å². The van der Waals surface area contributed by atoms with E-state index in [1.807, 2.05) is 30.3 Å². The van der Waals surface area contributed by atoms with E-state index in [-0.39, 0.29) is 12.2 Å². The number of carboxylic acid groups (broad SMARTS) is 1. The molecule has 0 bridgehead atoms. The van der Waals surface area contributed by atoms with Crippen molar-refractivity contribution < 1.29 is 29.2 Å². The van der Waals surface area contributed by atoms with Gasteiger partial charge in [-0.1, -0.05) is 42.5 Å². The van der Waals surface area contributed by atoms with Crippen LogP contribution in [-0.2, 0) is 4.79 Å². The Kier molecular flexibility index (Phi) is 6.44. The number of fused-ring (bicyclic) bond motifs is 1. The Morgan fingerprint density at radius 3 is 2.47 bits per heavy atom. The fourth-order valence-corrected chi connectivity index (χ4v) is 4.73. The zero-order chi connectivity index (χ0) is 22.7. The number of aliphatic hydroxyl groups is 2. The van der Waals surface area contributed by atoms with Crippen LogP contribution in [0.2, 0.25) is 0 Å². The van der Waals surface area contributed by atoms with Crippen LogP contribution in [0.25, 0.3) is 5.57 Å². The highest BCUT2D eigenvalue weighted by Gasteiger charge is 2.44. The van der Waals surface area contributed by atoms with Crippen LogP contribution >= 0.6 is 0 Å². The topological polar surface area (TPSA) is 87.0 Å². The lowest BCUT2D eigenvalue weighted by Crippen LogP contribution is -2.38. The van der Waals surface area contributed by atoms with Crippen molar-refractivity contribution in [3.8, 4) is 5.75 Å². The average Bonchev–Trinajstić information content (AvgIpc) is 3.20. The maximum atomic E-state index is 13.7. The fraction of sp³-hybridized carbons (Fsp3) is 0.346. The maximum absolute atomic E-state index is 13.7. The molecule has 1 saturated carbocycles. The molecule has 0 radical (unpaired) electrons. The molecule has 2 aliphatic rings. The van der Waals surface area contributed by atoms with Crippen LogP contribution in [0.15, 0.2) is 66.3 Å². The van der Waals surface area contributed by atoms with Gasteiger partial charge in [-0.15, -0.1) is 0 Å². The summed E-state index contributed by atoms with van der Waals surface area (Å²) in [6, 6.07) is 14.1. The molecule has 0 unspecified atom stereocenters. The Labute approximate surface area is 186 Å². The van der Waals surface area contributed by atoms with Gasteiger partial charge in [0.15, 0.2) is 0 Å². The third-order valence-electron chi connectivity index (χ3n) is 6.17. The van der Waals surface area contributed by atoms with Gasteiger partial charge in [-0.3, -0.25) is 4.79 Å². The van der Waals surface area contributed by atoms with E-state index in [1.54, 1.807) is 18.2 Å². The zero-order valence-corrected chi connectivity index (χ0v) is 17.7. The number of hydrogen-bond acceptors (Lipinski definition) is 4. The van der Waals surface area contributed by atoms with Gasteiger partial charge in [0.05, 0.1) is 18.6 Å². The Morgan fingerprint density at radius 1 is 1.09 bits per heavy atom. The van der Waals surface area contributed by atoms with Crippen LogP contribution in [-0.4, -0.2) is 39.1 Å². The van der Waals surface area contributed by atoms with Crippen LogP contribution in [0.3, 0.4) is 0 Å². The maximum Gasteiger partial charge on any atom is 0.305 e. The number of rotatable bonds is 7. The normalized spacial score (nSPS) is 19.1. The summed E-state index contributed by atoms with van der Waals surface area (Å²) in [5.41, 5.74) is 3.05. The third kappa shape index (κ3) is 4.61. The number of halogens is 1. The first-order valence-electron chi connectivity index (χ1n) is 10.9. The van der Waals surface area contributed by atoms with Gasteiger partial charge >= 0.3 is 5.97 Å². The van der Waals surface area contributed by atoms with Crippen molar-refractivity contribution in [2.24, 2.45) is 0 Å². The van der Waals surface area contributed by atoms with Crippen LogP contribution in [0.5, 0.6) is 5.75 Å². The van der Waals surface area contributed by atoms with Crippen molar-refractivity contribution in [2.75, 3.05) is 0 Å². The molecule has 0 aromatic heterocycles. The molecule has 0 saturated heterocycles. The minimum Gasteiger partial charge on any atom is -0.482 e. The number of hydrogen-bond donors (Lipinski definition) is 3. The molecule has 168 valence electrons. The first kappa shape index (κ1) is 22.2. The predicted molar refractivity (Wildman–Crippen MR) is 119 cm³/mol. The number of carboxylic acids is 1. The van der Waals surface area contributed by atoms with Crippen molar-refractivity contribution in [2.45, 2.75) is 56.3 Å². The molecule has 1 aliphatic heterocycles. The standard InChI is InChI=1S/C26H27FO5/c27-18-9-7-17(8-10-18)25-21-5-1-2-6-23(21)32-26(13-3-4-14-26)22(25)12-11-19(28)15-20(29)16-24(30)31/h1-2,5-12,19-20,28-29H,3-4,13-16H2,(H,30,31)/t19-,20+/m1/s1. The van der Waals surface area contributed by atoms with E-state index >= 15 is 0 Å². The van der Waals surface area contributed by atoms with Gasteiger partial charge in [-0.2, -0.15) is 0 Å². The summed E-state index contributed by atoms with van der Waals surface area (Å²) in [6.45, 7) is 0. The van der Waals surface area contributed by atoms with Crippen LogP contribution in [0.4, 0.5) is 4.39 Å². The highest BCUT2D eigenvalue weighted by atomic mass is 19.1. The number of para-hydroxylation sites is 1. The molecule has 6 heteroatoms. The summed E-state index contributed by atoms with van der Waals surface area (Å²) < 4.78 is 20.2. The largest absolute Gasteiger partial charge is 0.482 e. The molecule has 3 N–H and O–H groups in total. The highest BCUT2D eigenvalue weighted by Crippen LogP contribution is 2.50. The highest BCUT2D eigenvalue weighted by molar-refractivity contribution is 5.89. The average molecular weight is 438 g/mol. The van der Waals surface area contributed by atoms with Crippen LogP contribution in [0.1, 0.15) is 49.7 Å². The fourth-order valence-electron chi connectivity index (χ4n) is 4.73. The molecule has 1 heterocycles. The van der Waals surface area contributed by atoms with E-state index < -0.39 is 30.2 Å². The van der Waals surface area contributed by atoms with Crippen LogP contribution < -0.4 is 4.74 Å². The molecule has 32 heavy (non-hydrogen) atoms. The lowest BCUT2D eigenvalue weighted by molar-refractivity contribution is -0.139. The second kappa shape index (κ2) is 9.27. The quantitative estimate of drug-likeness (QED) is 0.594. The Morgan fingerprint density at radius 2 is 1.78 bits per heavy atom. The summed E-state index contributed by atoms with van der Waals surface area (Å²) in [5.74, 6) is -0.648. The van der Waals surface area contributed by atoms with Gasteiger partial charge in [-0.05, 0) is 55.0 Å². The smallest absolute Gasteiger partial charge is 0.305 e. The number of aliphatic carboxylic acids is 1. The molecule has 5 nitrogen and oxygen atoms in total. The summed E-state index contributed by atoms with van der Waals surface area (Å²) in [4.78, 5) is 10.8. The summed E-state index contributed by atoms with van der Waals surface area (Å²) in [7, 11) is 0. The SMILES string of the molecule is O=C(O)C[C@@H](O)C[C@H](O)C=CC1=C(c2ccc(F)cc2)c2ccccc2OC12CCCC2. The van der Waals surface area contributed by atoms with Gasteiger partial charge < -0.3 is 20.1 Å². The van der Waals surface area contributed by atoms with Crippen molar-refractivity contribution in [3.63, 3.8) is 0 Å². The summed E-state index contributed by atoms with van der Waals surface area (Å²) in [5, 5.41) is 29.1. The molecule has 0 amide bonds. The van der Waals surface area contributed by atoms with Gasteiger partial charge in [0.1, 0.15) is 17.2 Å². The number of aliphatic hydroxyl groups excluding tert-OH is 2. The molecule has 1 fully saturated rings. The van der Waals surface area contributed by atoms with E-state index in [9.17, 15) is 19.4 Å². The second-order valence-corrected chi connectivity index (χ2v) is 8.51. The molecule has 2 aromatic carbocycles. The molecule has 2 aromatic rings. The Hall–Kier alpha value is -2.96. The summed E-state index contributed by atoms with van der Waals surface area (Å²) >= 11 is 0.